The summed E-state index contributed by atoms with van der Waals surface area (Å²) in [6.45, 7) is 0.0319. The second-order valence-corrected chi connectivity index (χ2v) is 5.43. The van der Waals surface area contributed by atoms with Crippen LogP contribution in [0.5, 0.6) is 11.5 Å². The molecule has 0 saturated carbocycles. The summed E-state index contributed by atoms with van der Waals surface area (Å²) in [5.74, 6) is 1.04. The van der Waals surface area contributed by atoms with E-state index in [2.05, 4.69) is 9.97 Å². The van der Waals surface area contributed by atoms with Crippen molar-refractivity contribution < 1.29 is 19.7 Å². The topological polar surface area (TPSA) is 84.7 Å². The summed E-state index contributed by atoms with van der Waals surface area (Å²) in [6, 6.07) is 11.4. The molecule has 6 nitrogen and oxygen atoms in total. The molecule has 0 aliphatic heterocycles. The van der Waals surface area contributed by atoms with Crippen LogP contribution in [0.3, 0.4) is 0 Å². The number of aliphatic hydroxyl groups excluding tert-OH is 2. The van der Waals surface area contributed by atoms with Gasteiger partial charge in [-0.2, -0.15) is 0 Å². The number of hydrogen-bond donors (Lipinski definition) is 2. The van der Waals surface area contributed by atoms with E-state index in [-0.39, 0.29) is 26.4 Å². The standard InChI is InChI=1S/C20H20N2O4/c23-11-13-25-19-17(15-3-7-21-8-4-15)1-2-18(20(19)26-14-12-24)16-5-9-22-10-6-16/h1-10,23-24H,11-14H2. The molecule has 2 aromatic heterocycles. The van der Waals surface area contributed by atoms with Crippen molar-refractivity contribution in [1.29, 1.82) is 0 Å². The second-order valence-electron chi connectivity index (χ2n) is 5.43. The Labute approximate surface area is 151 Å². The van der Waals surface area contributed by atoms with Crippen molar-refractivity contribution in [2.45, 2.75) is 0 Å². The molecule has 0 atom stereocenters. The lowest BCUT2D eigenvalue weighted by Gasteiger charge is -2.19. The predicted molar refractivity (Wildman–Crippen MR) is 98.1 cm³/mol. The summed E-state index contributed by atoms with van der Waals surface area (Å²) in [5.41, 5.74) is 3.49. The molecular weight excluding hydrogens is 332 g/mol. The van der Waals surface area contributed by atoms with E-state index in [0.29, 0.717) is 11.5 Å². The first kappa shape index (κ1) is 17.8. The van der Waals surface area contributed by atoms with Gasteiger partial charge in [0.15, 0.2) is 11.5 Å². The van der Waals surface area contributed by atoms with Crippen molar-refractivity contribution >= 4 is 0 Å². The zero-order chi connectivity index (χ0) is 18.2. The van der Waals surface area contributed by atoms with Crippen LogP contribution >= 0.6 is 0 Å². The van der Waals surface area contributed by atoms with Gasteiger partial charge in [-0.1, -0.05) is 0 Å². The lowest BCUT2D eigenvalue weighted by molar-refractivity contribution is 0.179. The van der Waals surface area contributed by atoms with E-state index in [1.54, 1.807) is 24.8 Å². The minimum absolute atomic E-state index is 0.116. The van der Waals surface area contributed by atoms with Gasteiger partial charge >= 0.3 is 0 Å². The Kier molecular flexibility index (Phi) is 6.14. The molecule has 0 saturated heterocycles. The number of benzene rings is 1. The molecule has 3 rings (SSSR count). The zero-order valence-corrected chi connectivity index (χ0v) is 14.2. The van der Waals surface area contributed by atoms with Crippen LogP contribution in [0, 0.1) is 0 Å². The average molecular weight is 352 g/mol. The van der Waals surface area contributed by atoms with Crippen LogP contribution in [0.25, 0.3) is 22.3 Å². The van der Waals surface area contributed by atoms with Crippen molar-refractivity contribution in [2.75, 3.05) is 26.4 Å². The highest BCUT2D eigenvalue weighted by Gasteiger charge is 2.19. The molecule has 0 radical (unpaired) electrons. The first-order valence-corrected chi connectivity index (χ1v) is 8.30. The summed E-state index contributed by atoms with van der Waals surface area (Å²) in [5, 5.41) is 18.4. The number of rotatable bonds is 8. The van der Waals surface area contributed by atoms with Gasteiger partial charge in [-0.25, -0.2) is 0 Å². The maximum Gasteiger partial charge on any atom is 0.169 e. The van der Waals surface area contributed by atoms with E-state index in [4.69, 9.17) is 9.47 Å². The van der Waals surface area contributed by atoms with Gasteiger partial charge in [0.25, 0.3) is 0 Å². The van der Waals surface area contributed by atoms with E-state index in [1.165, 1.54) is 0 Å². The fourth-order valence-electron chi connectivity index (χ4n) is 2.66. The first-order valence-electron chi connectivity index (χ1n) is 8.30. The predicted octanol–water partition coefficient (Wildman–Crippen LogP) is 2.55. The van der Waals surface area contributed by atoms with E-state index in [9.17, 15) is 10.2 Å². The summed E-state index contributed by atoms with van der Waals surface area (Å²) in [6.07, 6.45) is 6.82. The largest absolute Gasteiger partial charge is 0.487 e. The van der Waals surface area contributed by atoms with Crippen LogP contribution in [0.1, 0.15) is 0 Å². The molecule has 0 aliphatic rings. The van der Waals surface area contributed by atoms with Crippen molar-refractivity contribution in [3.8, 4) is 33.8 Å². The molecule has 2 N–H and O–H groups in total. The lowest BCUT2D eigenvalue weighted by Crippen LogP contribution is -2.08. The van der Waals surface area contributed by atoms with E-state index in [0.717, 1.165) is 22.3 Å². The molecular formula is C20H20N2O4. The Balaban J connectivity index is 2.17. The molecule has 0 aliphatic carbocycles. The molecule has 2 heterocycles. The Morgan fingerprint density at radius 2 is 1.00 bits per heavy atom. The molecule has 0 spiro atoms. The summed E-state index contributed by atoms with van der Waals surface area (Å²) < 4.78 is 11.7. The van der Waals surface area contributed by atoms with Crippen LogP contribution in [0.15, 0.2) is 61.2 Å². The van der Waals surface area contributed by atoms with Gasteiger partial charge < -0.3 is 19.7 Å². The molecule has 134 valence electrons. The lowest BCUT2D eigenvalue weighted by atomic mass is 9.99. The highest BCUT2D eigenvalue weighted by Crippen LogP contribution is 2.44. The van der Waals surface area contributed by atoms with Crippen molar-refractivity contribution in [1.82, 2.24) is 9.97 Å². The Morgan fingerprint density at radius 1 is 0.615 bits per heavy atom. The molecule has 6 heteroatoms. The normalized spacial score (nSPS) is 10.5. The van der Waals surface area contributed by atoms with Gasteiger partial charge in [0.05, 0.1) is 13.2 Å². The SMILES string of the molecule is OCCOc1c(-c2ccncc2)ccc(-c2ccncc2)c1OCCO. The Bertz CT molecular complexity index is 755. The molecule has 1 aromatic carbocycles. The number of nitrogens with zero attached hydrogens (tertiary/aromatic N) is 2. The van der Waals surface area contributed by atoms with Gasteiger partial charge in [0, 0.05) is 35.9 Å². The van der Waals surface area contributed by atoms with E-state index < -0.39 is 0 Å². The monoisotopic (exact) mass is 352 g/mol. The van der Waals surface area contributed by atoms with Crippen molar-refractivity contribution in [3.05, 3.63) is 61.2 Å². The summed E-state index contributed by atoms with van der Waals surface area (Å²) in [7, 11) is 0. The molecule has 0 amide bonds. The first-order chi connectivity index (χ1) is 12.8. The minimum atomic E-state index is -0.116. The molecule has 0 fully saturated rings. The fraction of sp³-hybridized carbons (Fsp3) is 0.200. The molecule has 26 heavy (non-hydrogen) atoms. The second kappa shape index (κ2) is 8.94. The van der Waals surface area contributed by atoms with E-state index >= 15 is 0 Å². The van der Waals surface area contributed by atoms with Crippen molar-refractivity contribution in [3.63, 3.8) is 0 Å². The number of ether oxygens (including phenoxy) is 2. The summed E-state index contributed by atoms with van der Waals surface area (Å²) in [4.78, 5) is 8.10. The quantitative estimate of drug-likeness (QED) is 0.648. The number of aromatic nitrogens is 2. The van der Waals surface area contributed by atoms with Gasteiger partial charge in [0.1, 0.15) is 13.2 Å². The molecule has 3 aromatic rings. The zero-order valence-electron chi connectivity index (χ0n) is 14.2. The van der Waals surface area contributed by atoms with Crippen LogP contribution in [0.2, 0.25) is 0 Å². The van der Waals surface area contributed by atoms with E-state index in [1.807, 2.05) is 36.4 Å². The smallest absolute Gasteiger partial charge is 0.169 e. The van der Waals surface area contributed by atoms with Gasteiger partial charge in [-0.15, -0.1) is 0 Å². The minimum Gasteiger partial charge on any atom is -0.487 e. The third kappa shape index (κ3) is 3.99. The van der Waals surface area contributed by atoms with Crippen molar-refractivity contribution in [2.24, 2.45) is 0 Å². The van der Waals surface area contributed by atoms with Crippen LogP contribution < -0.4 is 9.47 Å². The third-order valence-corrected chi connectivity index (χ3v) is 3.77. The number of pyridine rings is 2. The van der Waals surface area contributed by atoms with Crippen LogP contribution in [-0.4, -0.2) is 46.6 Å². The summed E-state index contributed by atoms with van der Waals surface area (Å²) >= 11 is 0. The highest BCUT2D eigenvalue weighted by atomic mass is 16.5. The number of hydrogen-bond acceptors (Lipinski definition) is 6. The van der Waals surface area contributed by atoms with Gasteiger partial charge in [-0.3, -0.25) is 9.97 Å². The highest BCUT2D eigenvalue weighted by molar-refractivity contribution is 5.82. The maximum absolute atomic E-state index is 9.22. The third-order valence-electron chi connectivity index (χ3n) is 3.77. The van der Waals surface area contributed by atoms with Gasteiger partial charge in [0.2, 0.25) is 0 Å². The van der Waals surface area contributed by atoms with Crippen LogP contribution in [-0.2, 0) is 0 Å². The molecule has 0 bridgehead atoms. The number of aliphatic hydroxyl groups is 2. The van der Waals surface area contributed by atoms with Gasteiger partial charge in [-0.05, 0) is 47.5 Å². The average Bonchev–Trinajstić information content (AvgIpc) is 2.71. The Morgan fingerprint density at radius 3 is 1.35 bits per heavy atom. The fourth-order valence-corrected chi connectivity index (χ4v) is 2.66. The molecule has 0 unspecified atom stereocenters. The maximum atomic E-state index is 9.22. The Hall–Kier alpha value is -2.96. The van der Waals surface area contributed by atoms with Crippen LogP contribution in [0.4, 0.5) is 0 Å².